The van der Waals surface area contributed by atoms with Gasteiger partial charge in [0.25, 0.3) is 0 Å². The van der Waals surface area contributed by atoms with E-state index in [0.29, 0.717) is 5.95 Å². The topological polar surface area (TPSA) is 54.7 Å². The van der Waals surface area contributed by atoms with Gasteiger partial charge in [0.05, 0.1) is 5.69 Å². The van der Waals surface area contributed by atoms with E-state index in [1.165, 1.54) is 12.8 Å². The summed E-state index contributed by atoms with van der Waals surface area (Å²) in [7, 11) is 0. The lowest BCUT2D eigenvalue weighted by Gasteiger charge is -2.02. The molecule has 0 radical (unpaired) electrons. The van der Waals surface area contributed by atoms with Crippen LogP contribution in [0.2, 0.25) is 0 Å². The van der Waals surface area contributed by atoms with E-state index in [9.17, 15) is 0 Å². The molecular weight excluding hydrogens is 230 g/mol. The molecule has 1 heterocycles. The Labute approximate surface area is 87.3 Å². The van der Waals surface area contributed by atoms with Gasteiger partial charge in [0.15, 0.2) is 5.95 Å². The van der Waals surface area contributed by atoms with Crippen LogP contribution in [0.15, 0.2) is 4.60 Å². The Morgan fingerprint density at radius 3 is 2.69 bits per heavy atom. The van der Waals surface area contributed by atoms with Gasteiger partial charge in [0, 0.05) is 0 Å². The van der Waals surface area contributed by atoms with Crippen LogP contribution in [0.1, 0.15) is 32.4 Å². The normalized spacial score (nSPS) is 11.1. The van der Waals surface area contributed by atoms with Crippen molar-refractivity contribution < 1.29 is 0 Å². The number of nitrogen functional groups attached to an aromatic ring is 1. The fourth-order valence-corrected chi connectivity index (χ4v) is 1.75. The summed E-state index contributed by atoms with van der Waals surface area (Å²) in [5.41, 5.74) is 6.62. The molecule has 4 heteroatoms. The minimum atomic E-state index is 0.492. The molecule has 0 aliphatic heterocycles. The molecule has 0 unspecified atom stereocenters. The maximum atomic E-state index is 5.51. The minimum Gasteiger partial charge on any atom is -0.369 e. The highest BCUT2D eigenvalue weighted by molar-refractivity contribution is 9.10. The first-order valence-electron chi connectivity index (χ1n) is 4.59. The van der Waals surface area contributed by atoms with Crippen molar-refractivity contribution in [3.8, 4) is 0 Å². The number of aromatic amines is 1. The van der Waals surface area contributed by atoms with Gasteiger partial charge in [-0.1, -0.05) is 20.3 Å². The molecule has 3 nitrogen and oxygen atoms in total. The number of nitrogens with zero attached hydrogens (tertiary/aromatic N) is 1. The van der Waals surface area contributed by atoms with E-state index in [4.69, 9.17) is 5.73 Å². The summed E-state index contributed by atoms with van der Waals surface area (Å²) in [6.07, 6.45) is 3.44. The van der Waals surface area contributed by atoms with Gasteiger partial charge in [0.2, 0.25) is 0 Å². The summed E-state index contributed by atoms with van der Waals surface area (Å²) in [6.45, 7) is 4.47. The number of hydrogen-bond acceptors (Lipinski definition) is 2. The van der Waals surface area contributed by atoms with Crippen LogP contribution in [0.5, 0.6) is 0 Å². The van der Waals surface area contributed by atoms with Crippen LogP contribution in [0.3, 0.4) is 0 Å². The Balaban J connectivity index is 2.40. The maximum Gasteiger partial charge on any atom is 0.198 e. The van der Waals surface area contributed by atoms with Crippen LogP contribution < -0.4 is 5.73 Å². The van der Waals surface area contributed by atoms with E-state index in [2.05, 4.69) is 39.7 Å². The molecule has 1 aromatic heterocycles. The van der Waals surface area contributed by atoms with Gasteiger partial charge in [-0.3, -0.25) is 0 Å². The summed E-state index contributed by atoms with van der Waals surface area (Å²) in [5.74, 6) is 1.26. The standard InChI is InChI=1S/C9H16BrN3/c1-6(2)4-3-5-7-8(10)13-9(11)12-7/h6H,3-5H2,1-2H3,(H3,11,12,13). The molecule has 13 heavy (non-hydrogen) atoms. The second-order valence-corrected chi connectivity index (χ2v) is 4.43. The Bertz CT molecular complexity index is 268. The van der Waals surface area contributed by atoms with E-state index < -0.39 is 0 Å². The average Bonchev–Trinajstić information content (AvgIpc) is 2.29. The lowest BCUT2D eigenvalue weighted by molar-refractivity contribution is 0.553. The number of nitrogens with one attached hydrogen (secondary N) is 1. The maximum absolute atomic E-state index is 5.51. The molecule has 0 atom stereocenters. The molecule has 74 valence electrons. The molecule has 0 spiro atoms. The minimum absolute atomic E-state index is 0.492. The number of imidazole rings is 1. The molecule has 0 saturated carbocycles. The average molecular weight is 246 g/mol. The van der Waals surface area contributed by atoms with Gasteiger partial charge in [-0.2, -0.15) is 0 Å². The Kier molecular flexibility index (Phi) is 3.78. The van der Waals surface area contributed by atoms with Crippen molar-refractivity contribution in [1.29, 1.82) is 0 Å². The third kappa shape index (κ3) is 3.38. The fraction of sp³-hybridized carbons (Fsp3) is 0.667. The highest BCUT2D eigenvalue weighted by atomic mass is 79.9. The zero-order valence-corrected chi connectivity index (χ0v) is 9.69. The summed E-state index contributed by atoms with van der Waals surface area (Å²) in [6, 6.07) is 0. The second kappa shape index (κ2) is 4.65. The van der Waals surface area contributed by atoms with Crippen molar-refractivity contribution in [2.75, 3.05) is 5.73 Å². The smallest absolute Gasteiger partial charge is 0.198 e. The lowest BCUT2D eigenvalue weighted by atomic mass is 10.1. The van der Waals surface area contributed by atoms with Crippen LogP contribution in [0.25, 0.3) is 0 Å². The number of halogens is 1. The first-order valence-corrected chi connectivity index (χ1v) is 5.38. The summed E-state index contributed by atoms with van der Waals surface area (Å²) < 4.78 is 0.855. The van der Waals surface area contributed by atoms with Crippen molar-refractivity contribution in [3.05, 3.63) is 10.3 Å². The first kappa shape index (κ1) is 10.6. The quantitative estimate of drug-likeness (QED) is 0.858. The van der Waals surface area contributed by atoms with E-state index >= 15 is 0 Å². The molecule has 0 aliphatic carbocycles. The number of H-pyrrole nitrogens is 1. The second-order valence-electron chi connectivity index (χ2n) is 3.68. The number of nitrogens with two attached hydrogens (primary N) is 1. The van der Waals surface area contributed by atoms with Gasteiger partial charge in [-0.15, -0.1) is 0 Å². The molecule has 0 bridgehead atoms. The molecule has 0 aliphatic rings. The predicted molar refractivity (Wildman–Crippen MR) is 58.5 cm³/mol. The van der Waals surface area contributed by atoms with E-state index in [0.717, 1.165) is 22.6 Å². The molecule has 3 N–H and O–H groups in total. The largest absolute Gasteiger partial charge is 0.369 e. The van der Waals surface area contributed by atoms with Crippen molar-refractivity contribution in [2.45, 2.75) is 33.1 Å². The van der Waals surface area contributed by atoms with E-state index in [1.807, 2.05) is 0 Å². The number of hydrogen-bond donors (Lipinski definition) is 2. The number of rotatable bonds is 4. The number of aromatic nitrogens is 2. The Morgan fingerprint density at radius 2 is 2.23 bits per heavy atom. The van der Waals surface area contributed by atoms with Crippen LogP contribution in [-0.4, -0.2) is 9.97 Å². The molecular formula is C9H16BrN3. The van der Waals surface area contributed by atoms with E-state index in [-0.39, 0.29) is 0 Å². The first-order chi connectivity index (χ1) is 6.09. The van der Waals surface area contributed by atoms with Gasteiger partial charge in [-0.25, -0.2) is 4.98 Å². The number of aryl methyl sites for hydroxylation is 1. The SMILES string of the molecule is CC(C)CCCc1[nH]c(N)nc1Br. The number of anilines is 1. The Morgan fingerprint density at radius 1 is 1.54 bits per heavy atom. The summed E-state index contributed by atoms with van der Waals surface area (Å²) in [4.78, 5) is 7.09. The third-order valence-electron chi connectivity index (χ3n) is 1.95. The molecule has 0 saturated heterocycles. The monoisotopic (exact) mass is 245 g/mol. The fourth-order valence-electron chi connectivity index (χ4n) is 1.26. The molecule has 0 aromatic carbocycles. The van der Waals surface area contributed by atoms with Gasteiger partial charge < -0.3 is 10.7 Å². The van der Waals surface area contributed by atoms with Crippen molar-refractivity contribution in [3.63, 3.8) is 0 Å². The molecule has 0 amide bonds. The van der Waals surface area contributed by atoms with Crippen molar-refractivity contribution >= 4 is 21.9 Å². The van der Waals surface area contributed by atoms with Gasteiger partial charge in [-0.05, 0) is 34.7 Å². The molecule has 0 fully saturated rings. The molecule has 1 rings (SSSR count). The lowest BCUT2D eigenvalue weighted by Crippen LogP contribution is -1.92. The van der Waals surface area contributed by atoms with Gasteiger partial charge >= 0.3 is 0 Å². The van der Waals surface area contributed by atoms with Crippen molar-refractivity contribution in [1.82, 2.24) is 9.97 Å². The third-order valence-corrected chi connectivity index (χ3v) is 2.61. The Hall–Kier alpha value is -0.510. The zero-order valence-electron chi connectivity index (χ0n) is 8.10. The van der Waals surface area contributed by atoms with Crippen LogP contribution in [0, 0.1) is 5.92 Å². The summed E-state index contributed by atoms with van der Waals surface area (Å²) >= 11 is 3.36. The summed E-state index contributed by atoms with van der Waals surface area (Å²) in [5, 5.41) is 0. The predicted octanol–water partition coefficient (Wildman–Crippen LogP) is 2.73. The van der Waals surface area contributed by atoms with Crippen LogP contribution in [0.4, 0.5) is 5.95 Å². The highest BCUT2D eigenvalue weighted by Gasteiger charge is 2.05. The molecule has 1 aromatic rings. The highest BCUT2D eigenvalue weighted by Crippen LogP contribution is 2.17. The van der Waals surface area contributed by atoms with Crippen LogP contribution in [-0.2, 0) is 6.42 Å². The van der Waals surface area contributed by atoms with Crippen LogP contribution >= 0.6 is 15.9 Å². The van der Waals surface area contributed by atoms with Crippen molar-refractivity contribution in [2.24, 2.45) is 5.92 Å². The zero-order chi connectivity index (χ0) is 9.84. The van der Waals surface area contributed by atoms with E-state index in [1.54, 1.807) is 0 Å². The van der Waals surface area contributed by atoms with Gasteiger partial charge in [0.1, 0.15) is 4.60 Å².